The second-order valence-corrected chi connectivity index (χ2v) is 4.95. The Morgan fingerprint density at radius 1 is 1.38 bits per heavy atom. The van der Waals surface area contributed by atoms with Crippen LogP contribution in [0.4, 0.5) is 4.39 Å². The summed E-state index contributed by atoms with van der Waals surface area (Å²) < 4.78 is 23.3. The van der Waals surface area contributed by atoms with Crippen molar-refractivity contribution < 1.29 is 13.4 Å². The molecule has 0 saturated carbocycles. The van der Waals surface area contributed by atoms with Crippen molar-refractivity contribution in [2.45, 2.75) is 6.42 Å². The second-order valence-electron chi connectivity index (χ2n) is 3.39. The van der Waals surface area contributed by atoms with Gasteiger partial charge in [0.1, 0.15) is 5.82 Å². The average Bonchev–Trinajstić information content (AvgIpc) is 2.25. The number of amides is 1. The first-order valence-electron chi connectivity index (χ1n) is 4.93. The maximum Gasteiger partial charge on any atom is 0.251 e. The quantitative estimate of drug-likeness (QED) is 0.793. The fourth-order valence-corrected chi connectivity index (χ4v) is 1.73. The summed E-state index contributed by atoms with van der Waals surface area (Å²) in [5, 5.41) is 2.68. The zero-order valence-electron chi connectivity index (χ0n) is 9.03. The van der Waals surface area contributed by atoms with E-state index in [2.05, 4.69) is 5.32 Å². The molecular formula is C11H14FNO2S. The van der Waals surface area contributed by atoms with Crippen LogP contribution < -0.4 is 5.32 Å². The summed E-state index contributed by atoms with van der Waals surface area (Å²) in [5.74, 6) is -0.0243. The Labute approximate surface area is 96.5 Å². The van der Waals surface area contributed by atoms with Crippen LogP contribution in [0.3, 0.4) is 0 Å². The van der Waals surface area contributed by atoms with E-state index in [1.807, 2.05) is 0 Å². The molecule has 0 spiro atoms. The molecule has 1 atom stereocenters. The van der Waals surface area contributed by atoms with Gasteiger partial charge in [0.25, 0.3) is 5.91 Å². The number of hydrogen-bond acceptors (Lipinski definition) is 2. The molecule has 0 radical (unpaired) electrons. The SMILES string of the molecule is CS(=O)CCCNC(=O)c1ccc(F)cc1. The number of nitrogens with one attached hydrogen (secondary N) is 1. The average molecular weight is 243 g/mol. The fourth-order valence-electron chi connectivity index (χ4n) is 1.18. The molecule has 1 aromatic carbocycles. The second kappa shape index (κ2) is 6.37. The van der Waals surface area contributed by atoms with Crippen LogP contribution in [0.2, 0.25) is 0 Å². The summed E-state index contributed by atoms with van der Waals surface area (Å²) in [7, 11) is -0.829. The van der Waals surface area contributed by atoms with Crippen LogP contribution in [-0.4, -0.2) is 28.7 Å². The number of carbonyl (C=O) groups is 1. The van der Waals surface area contributed by atoms with E-state index >= 15 is 0 Å². The molecule has 0 aliphatic carbocycles. The molecule has 0 aliphatic rings. The third kappa shape index (κ3) is 4.53. The van der Waals surface area contributed by atoms with Gasteiger partial charge in [-0.25, -0.2) is 4.39 Å². The Morgan fingerprint density at radius 3 is 2.56 bits per heavy atom. The summed E-state index contributed by atoms with van der Waals surface area (Å²) in [4.78, 5) is 11.5. The molecule has 1 rings (SSSR count). The lowest BCUT2D eigenvalue weighted by Crippen LogP contribution is -2.25. The van der Waals surface area contributed by atoms with Gasteiger partial charge < -0.3 is 5.32 Å². The van der Waals surface area contributed by atoms with Gasteiger partial charge in [-0.2, -0.15) is 0 Å². The summed E-state index contributed by atoms with van der Waals surface area (Å²) in [6, 6.07) is 5.36. The lowest BCUT2D eigenvalue weighted by atomic mass is 10.2. The molecular weight excluding hydrogens is 229 g/mol. The minimum atomic E-state index is -0.829. The summed E-state index contributed by atoms with van der Waals surface area (Å²) >= 11 is 0. The molecule has 16 heavy (non-hydrogen) atoms. The summed E-state index contributed by atoms with van der Waals surface area (Å²) in [5.41, 5.74) is 0.430. The van der Waals surface area contributed by atoms with Crippen LogP contribution in [0.15, 0.2) is 24.3 Å². The molecule has 5 heteroatoms. The van der Waals surface area contributed by atoms with E-state index in [0.29, 0.717) is 24.3 Å². The third-order valence-electron chi connectivity index (χ3n) is 2.00. The van der Waals surface area contributed by atoms with Gasteiger partial charge in [0.05, 0.1) is 0 Å². The van der Waals surface area contributed by atoms with Crippen LogP contribution >= 0.6 is 0 Å². The number of rotatable bonds is 5. The molecule has 0 aliphatic heterocycles. The van der Waals surface area contributed by atoms with Crippen LogP contribution in [0.5, 0.6) is 0 Å². The molecule has 0 saturated heterocycles. The van der Waals surface area contributed by atoms with Crippen molar-refractivity contribution in [3.63, 3.8) is 0 Å². The molecule has 1 amide bonds. The van der Waals surface area contributed by atoms with Crippen LogP contribution in [0.25, 0.3) is 0 Å². The van der Waals surface area contributed by atoms with Crippen molar-refractivity contribution >= 4 is 16.7 Å². The number of benzene rings is 1. The van der Waals surface area contributed by atoms with Gasteiger partial charge in [-0.1, -0.05) is 0 Å². The summed E-state index contributed by atoms with van der Waals surface area (Å²) in [6.07, 6.45) is 2.30. The molecule has 0 bridgehead atoms. The lowest BCUT2D eigenvalue weighted by molar-refractivity contribution is 0.0953. The maximum absolute atomic E-state index is 12.6. The third-order valence-corrected chi connectivity index (χ3v) is 2.86. The Kier molecular flexibility index (Phi) is 5.11. The van der Waals surface area contributed by atoms with Crippen molar-refractivity contribution in [2.24, 2.45) is 0 Å². The van der Waals surface area contributed by atoms with Crippen molar-refractivity contribution in [1.82, 2.24) is 5.32 Å². The smallest absolute Gasteiger partial charge is 0.251 e. The number of hydrogen-bond donors (Lipinski definition) is 1. The molecule has 0 fully saturated rings. The molecule has 0 aromatic heterocycles. The largest absolute Gasteiger partial charge is 0.352 e. The molecule has 88 valence electrons. The highest BCUT2D eigenvalue weighted by molar-refractivity contribution is 7.84. The Morgan fingerprint density at radius 2 is 2.00 bits per heavy atom. The minimum Gasteiger partial charge on any atom is -0.352 e. The fraction of sp³-hybridized carbons (Fsp3) is 0.364. The van der Waals surface area contributed by atoms with Gasteiger partial charge >= 0.3 is 0 Å². The topological polar surface area (TPSA) is 46.2 Å². The van der Waals surface area contributed by atoms with E-state index < -0.39 is 10.8 Å². The highest BCUT2D eigenvalue weighted by Crippen LogP contribution is 2.02. The van der Waals surface area contributed by atoms with Crippen molar-refractivity contribution in [2.75, 3.05) is 18.6 Å². The van der Waals surface area contributed by atoms with Gasteiger partial charge in [0.15, 0.2) is 0 Å². The van der Waals surface area contributed by atoms with Crippen LogP contribution in [-0.2, 0) is 10.8 Å². The number of carbonyl (C=O) groups excluding carboxylic acids is 1. The first-order valence-corrected chi connectivity index (χ1v) is 6.66. The van der Waals surface area contributed by atoms with E-state index in [1.165, 1.54) is 24.3 Å². The van der Waals surface area contributed by atoms with E-state index in [1.54, 1.807) is 6.26 Å². The summed E-state index contributed by atoms with van der Waals surface area (Å²) in [6.45, 7) is 0.482. The van der Waals surface area contributed by atoms with Crippen LogP contribution in [0, 0.1) is 5.82 Å². The predicted molar refractivity (Wildman–Crippen MR) is 62.3 cm³/mol. The Balaban J connectivity index is 2.35. The standard InChI is InChI=1S/C11H14FNO2S/c1-16(15)8-2-7-13-11(14)9-3-5-10(12)6-4-9/h3-6H,2,7-8H2,1H3,(H,13,14). The highest BCUT2D eigenvalue weighted by Gasteiger charge is 2.04. The first-order chi connectivity index (χ1) is 7.59. The zero-order chi connectivity index (χ0) is 12.0. The lowest BCUT2D eigenvalue weighted by Gasteiger charge is -2.04. The maximum atomic E-state index is 12.6. The van der Waals surface area contributed by atoms with E-state index in [-0.39, 0.29) is 11.7 Å². The van der Waals surface area contributed by atoms with Gasteiger partial charge in [-0.3, -0.25) is 9.00 Å². The molecule has 1 N–H and O–H groups in total. The van der Waals surface area contributed by atoms with Gasteiger partial charge in [0.2, 0.25) is 0 Å². The molecule has 3 nitrogen and oxygen atoms in total. The number of halogens is 1. The van der Waals surface area contributed by atoms with E-state index in [4.69, 9.17) is 0 Å². The zero-order valence-corrected chi connectivity index (χ0v) is 9.85. The van der Waals surface area contributed by atoms with Crippen molar-refractivity contribution in [3.05, 3.63) is 35.6 Å². The minimum absolute atomic E-state index is 0.234. The van der Waals surface area contributed by atoms with E-state index in [0.717, 1.165) is 0 Å². The monoisotopic (exact) mass is 243 g/mol. The van der Waals surface area contributed by atoms with Gasteiger partial charge in [0, 0.05) is 34.9 Å². The highest BCUT2D eigenvalue weighted by atomic mass is 32.2. The van der Waals surface area contributed by atoms with E-state index in [9.17, 15) is 13.4 Å². The normalized spacial score (nSPS) is 12.1. The Hall–Kier alpha value is -1.23. The molecule has 0 heterocycles. The molecule has 1 unspecified atom stereocenters. The van der Waals surface area contributed by atoms with Crippen molar-refractivity contribution in [3.8, 4) is 0 Å². The van der Waals surface area contributed by atoms with Crippen molar-refractivity contribution in [1.29, 1.82) is 0 Å². The van der Waals surface area contributed by atoms with Gasteiger partial charge in [-0.05, 0) is 30.7 Å². The first kappa shape index (κ1) is 12.8. The van der Waals surface area contributed by atoms with Gasteiger partial charge in [-0.15, -0.1) is 0 Å². The molecule has 1 aromatic rings. The Bertz CT molecular complexity index is 378. The van der Waals surface area contributed by atoms with Crippen LogP contribution in [0.1, 0.15) is 16.8 Å². The predicted octanol–water partition coefficient (Wildman–Crippen LogP) is 1.32.